The first-order valence-electron chi connectivity index (χ1n) is 6.32. The SMILES string of the molecule is CN(C)C.O.O=C(Cc1ccccc1)c1ccccc1. The number of hydrogen-bond donors (Lipinski definition) is 0. The number of carbonyl (C=O) groups is 1. The Morgan fingerprint density at radius 3 is 1.70 bits per heavy atom. The Labute approximate surface area is 121 Å². The molecule has 2 rings (SSSR count). The molecule has 0 spiro atoms. The third kappa shape index (κ3) is 7.46. The average molecular weight is 273 g/mol. The van der Waals surface area contributed by atoms with Crippen molar-refractivity contribution in [3.8, 4) is 0 Å². The quantitative estimate of drug-likeness (QED) is 0.807. The van der Waals surface area contributed by atoms with E-state index in [1.54, 1.807) is 0 Å². The van der Waals surface area contributed by atoms with Crippen molar-refractivity contribution >= 4 is 5.78 Å². The molecule has 0 saturated heterocycles. The van der Waals surface area contributed by atoms with Crippen molar-refractivity contribution in [2.24, 2.45) is 0 Å². The second kappa shape index (κ2) is 9.89. The van der Waals surface area contributed by atoms with Crippen molar-refractivity contribution in [2.75, 3.05) is 21.1 Å². The predicted octanol–water partition coefficient (Wildman–Crippen LogP) is 2.47. The van der Waals surface area contributed by atoms with Crippen LogP contribution in [-0.2, 0) is 6.42 Å². The van der Waals surface area contributed by atoms with Gasteiger partial charge in [-0.15, -0.1) is 0 Å². The van der Waals surface area contributed by atoms with E-state index in [1.165, 1.54) is 0 Å². The number of nitrogens with zero attached hydrogens (tertiary/aromatic N) is 1. The molecule has 2 N–H and O–H groups in total. The molecule has 20 heavy (non-hydrogen) atoms. The van der Waals surface area contributed by atoms with Crippen LogP contribution in [0.1, 0.15) is 15.9 Å². The zero-order valence-electron chi connectivity index (χ0n) is 12.3. The molecule has 108 valence electrons. The van der Waals surface area contributed by atoms with Crippen molar-refractivity contribution < 1.29 is 10.3 Å². The number of hydrogen-bond acceptors (Lipinski definition) is 2. The zero-order valence-corrected chi connectivity index (χ0v) is 12.3. The summed E-state index contributed by atoms with van der Waals surface area (Å²) in [6.07, 6.45) is 0.477. The Balaban J connectivity index is 0.000000644. The molecule has 0 bridgehead atoms. The molecule has 0 amide bonds. The summed E-state index contributed by atoms with van der Waals surface area (Å²) in [4.78, 5) is 13.8. The number of ketones is 1. The molecule has 0 atom stereocenters. The van der Waals surface area contributed by atoms with Crippen molar-refractivity contribution in [3.05, 3.63) is 71.8 Å². The van der Waals surface area contributed by atoms with Gasteiger partial charge in [-0.2, -0.15) is 0 Å². The Hall–Kier alpha value is -1.97. The van der Waals surface area contributed by atoms with E-state index in [9.17, 15) is 4.79 Å². The fourth-order valence-electron chi connectivity index (χ4n) is 1.51. The van der Waals surface area contributed by atoms with E-state index in [-0.39, 0.29) is 11.3 Å². The van der Waals surface area contributed by atoms with Crippen LogP contribution in [0.2, 0.25) is 0 Å². The van der Waals surface area contributed by atoms with Crippen LogP contribution in [0, 0.1) is 0 Å². The van der Waals surface area contributed by atoms with E-state index in [1.807, 2.05) is 86.7 Å². The summed E-state index contributed by atoms with van der Waals surface area (Å²) >= 11 is 0. The fraction of sp³-hybridized carbons (Fsp3) is 0.235. The van der Waals surface area contributed by atoms with E-state index in [2.05, 4.69) is 0 Å². The van der Waals surface area contributed by atoms with Crippen molar-refractivity contribution in [2.45, 2.75) is 6.42 Å². The number of Topliss-reactive ketones (excluding diaryl/α,β-unsaturated/α-hetero) is 1. The summed E-state index contributed by atoms with van der Waals surface area (Å²) in [5.41, 5.74) is 1.84. The standard InChI is InChI=1S/C14H12O.C3H9N.H2O/c15-14(13-9-5-2-6-10-13)11-12-7-3-1-4-8-12;1-4(2)3;/h1-10H,11H2;1-3H3;1H2. The van der Waals surface area contributed by atoms with Crippen LogP contribution in [0.15, 0.2) is 60.7 Å². The molecule has 0 aromatic heterocycles. The third-order valence-corrected chi connectivity index (χ3v) is 2.30. The summed E-state index contributed by atoms with van der Waals surface area (Å²) < 4.78 is 0. The Morgan fingerprint density at radius 2 is 1.25 bits per heavy atom. The lowest BCUT2D eigenvalue weighted by atomic mass is 10.0. The largest absolute Gasteiger partial charge is 0.412 e. The van der Waals surface area contributed by atoms with E-state index in [4.69, 9.17) is 0 Å². The van der Waals surface area contributed by atoms with Gasteiger partial charge in [-0.25, -0.2) is 0 Å². The first-order chi connectivity index (χ1) is 9.09. The summed E-state index contributed by atoms with van der Waals surface area (Å²) in [6.45, 7) is 0. The molecule has 0 saturated carbocycles. The lowest BCUT2D eigenvalue weighted by Gasteiger charge is -2.00. The molecule has 0 radical (unpaired) electrons. The van der Waals surface area contributed by atoms with Gasteiger partial charge >= 0.3 is 0 Å². The minimum absolute atomic E-state index is 0. The summed E-state index contributed by atoms with van der Waals surface area (Å²) in [7, 11) is 6.00. The third-order valence-electron chi connectivity index (χ3n) is 2.30. The molecular weight excluding hydrogens is 250 g/mol. The number of rotatable bonds is 3. The summed E-state index contributed by atoms with van der Waals surface area (Å²) in [6, 6.07) is 19.2. The van der Waals surface area contributed by atoms with Crippen LogP contribution >= 0.6 is 0 Å². The van der Waals surface area contributed by atoms with Gasteiger partial charge in [0, 0.05) is 12.0 Å². The molecule has 3 nitrogen and oxygen atoms in total. The Bertz CT molecular complexity index is 478. The van der Waals surface area contributed by atoms with Crippen molar-refractivity contribution in [1.82, 2.24) is 4.90 Å². The topological polar surface area (TPSA) is 51.8 Å². The molecule has 2 aromatic rings. The van der Waals surface area contributed by atoms with Crippen molar-refractivity contribution in [3.63, 3.8) is 0 Å². The number of benzene rings is 2. The molecule has 2 aromatic carbocycles. The molecular formula is C17H23NO2. The van der Waals surface area contributed by atoms with Crippen molar-refractivity contribution in [1.29, 1.82) is 0 Å². The van der Waals surface area contributed by atoms with Crippen LogP contribution < -0.4 is 0 Å². The van der Waals surface area contributed by atoms with Crippen LogP contribution in [-0.4, -0.2) is 37.3 Å². The van der Waals surface area contributed by atoms with E-state index >= 15 is 0 Å². The summed E-state index contributed by atoms with van der Waals surface area (Å²) in [5.74, 6) is 0.168. The maximum atomic E-state index is 11.8. The minimum atomic E-state index is 0. The molecule has 0 aliphatic heterocycles. The van der Waals surface area contributed by atoms with Crippen LogP contribution in [0.4, 0.5) is 0 Å². The Morgan fingerprint density at radius 1 is 0.850 bits per heavy atom. The van der Waals surface area contributed by atoms with Gasteiger partial charge in [0.25, 0.3) is 0 Å². The Kier molecular flexibility index (Phi) is 8.92. The predicted molar refractivity (Wildman–Crippen MR) is 84.1 cm³/mol. The molecule has 0 unspecified atom stereocenters. The van der Waals surface area contributed by atoms with Gasteiger partial charge < -0.3 is 10.4 Å². The maximum Gasteiger partial charge on any atom is 0.167 e. The smallest absolute Gasteiger partial charge is 0.167 e. The summed E-state index contributed by atoms with van der Waals surface area (Å²) in [5, 5.41) is 0. The lowest BCUT2D eigenvalue weighted by Crippen LogP contribution is -2.02. The monoisotopic (exact) mass is 273 g/mol. The highest BCUT2D eigenvalue weighted by atomic mass is 16.1. The zero-order chi connectivity index (χ0) is 14.1. The maximum absolute atomic E-state index is 11.8. The van der Waals surface area contributed by atoms with Gasteiger partial charge in [0.05, 0.1) is 0 Å². The van der Waals surface area contributed by atoms with Crippen LogP contribution in [0.5, 0.6) is 0 Å². The molecule has 0 aliphatic rings. The second-order valence-corrected chi connectivity index (χ2v) is 4.79. The van der Waals surface area contributed by atoms with E-state index in [0.717, 1.165) is 11.1 Å². The highest BCUT2D eigenvalue weighted by Gasteiger charge is 2.05. The second-order valence-electron chi connectivity index (χ2n) is 4.79. The minimum Gasteiger partial charge on any atom is -0.412 e. The highest BCUT2D eigenvalue weighted by molar-refractivity contribution is 5.97. The number of carbonyl (C=O) groups excluding carboxylic acids is 1. The highest BCUT2D eigenvalue weighted by Crippen LogP contribution is 2.06. The van der Waals surface area contributed by atoms with Crippen LogP contribution in [0.25, 0.3) is 0 Å². The van der Waals surface area contributed by atoms with Crippen LogP contribution in [0.3, 0.4) is 0 Å². The van der Waals surface area contributed by atoms with Gasteiger partial charge in [0.15, 0.2) is 5.78 Å². The van der Waals surface area contributed by atoms with Gasteiger partial charge in [0.2, 0.25) is 0 Å². The first kappa shape index (κ1) is 18.0. The normalized spacial score (nSPS) is 9.20. The first-order valence-corrected chi connectivity index (χ1v) is 6.32. The van der Waals surface area contributed by atoms with Gasteiger partial charge in [-0.05, 0) is 26.7 Å². The average Bonchev–Trinajstić information content (AvgIpc) is 2.40. The molecule has 0 aliphatic carbocycles. The van der Waals surface area contributed by atoms with Gasteiger partial charge in [0.1, 0.15) is 0 Å². The molecule has 0 fully saturated rings. The molecule has 3 heteroatoms. The lowest BCUT2D eigenvalue weighted by molar-refractivity contribution is 0.0993. The molecule has 0 heterocycles. The van der Waals surface area contributed by atoms with E-state index < -0.39 is 0 Å². The van der Waals surface area contributed by atoms with Gasteiger partial charge in [-0.3, -0.25) is 4.79 Å². The van der Waals surface area contributed by atoms with E-state index in [0.29, 0.717) is 6.42 Å². The fourth-order valence-corrected chi connectivity index (χ4v) is 1.51. The van der Waals surface area contributed by atoms with Gasteiger partial charge in [-0.1, -0.05) is 60.7 Å².